The molecule has 3 aromatic rings. The molecule has 4 rings (SSSR count). The molecule has 1 saturated heterocycles. The number of halogens is 1. The molecule has 1 fully saturated rings. The lowest BCUT2D eigenvalue weighted by molar-refractivity contribution is -0.135. The molecule has 2 N–H and O–H groups in total. The summed E-state index contributed by atoms with van der Waals surface area (Å²) in [5, 5.41) is 5.50. The van der Waals surface area contributed by atoms with Crippen LogP contribution in [0.2, 0.25) is 0 Å². The van der Waals surface area contributed by atoms with Gasteiger partial charge in [0.25, 0.3) is 5.91 Å². The van der Waals surface area contributed by atoms with Crippen LogP contribution >= 0.6 is 0 Å². The second-order valence-corrected chi connectivity index (χ2v) is 7.66. The van der Waals surface area contributed by atoms with Gasteiger partial charge in [-0.25, -0.2) is 9.18 Å². The molecule has 0 radical (unpaired) electrons. The Labute approximate surface area is 185 Å². The Morgan fingerprint density at radius 3 is 2.16 bits per heavy atom. The minimum absolute atomic E-state index is 0.163. The third-order valence-corrected chi connectivity index (χ3v) is 5.46. The van der Waals surface area contributed by atoms with Crippen LogP contribution in [0.5, 0.6) is 0 Å². The van der Waals surface area contributed by atoms with Crippen LogP contribution < -0.4 is 10.6 Å². The molecule has 6 nitrogen and oxygen atoms in total. The van der Waals surface area contributed by atoms with E-state index in [0.717, 1.165) is 10.5 Å². The van der Waals surface area contributed by atoms with Gasteiger partial charge in [-0.2, -0.15) is 0 Å². The normalized spacial score (nSPS) is 17.8. The summed E-state index contributed by atoms with van der Waals surface area (Å²) < 4.78 is 13.0. The molecule has 1 atom stereocenters. The molecule has 3 aromatic carbocycles. The Hall–Kier alpha value is -4.00. The molecule has 4 amide bonds. The van der Waals surface area contributed by atoms with E-state index >= 15 is 0 Å². The van der Waals surface area contributed by atoms with E-state index in [9.17, 15) is 18.8 Å². The molecule has 0 saturated carbocycles. The summed E-state index contributed by atoms with van der Waals surface area (Å²) in [4.78, 5) is 39.7. The zero-order valence-electron chi connectivity index (χ0n) is 17.3. The second kappa shape index (κ2) is 9.01. The summed E-state index contributed by atoms with van der Waals surface area (Å²) in [6.45, 7) is -0.244. The minimum atomic E-state index is -1.29. The van der Waals surface area contributed by atoms with Crippen LogP contribution in [-0.2, 0) is 28.1 Å². The van der Waals surface area contributed by atoms with Gasteiger partial charge >= 0.3 is 6.03 Å². The van der Waals surface area contributed by atoms with Crippen molar-refractivity contribution >= 4 is 17.8 Å². The van der Waals surface area contributed by atoms with E-state index in [-0.39, 0.29) is 18.8 Å². The number of carbonyl (C=O) groups excluding carboxylic acids is 3. The molecule has 32 heavy (non-hydrogen) atoms. The minimum Gasteiger partial charge on any atom is -0.350 e. The molecule has 1 heterocycles. The third kappa shape index (κ3) is 4.37. The first-order valence-corrected chi connectivity index (χ1v) is 10.2. The van der Waals surface area contributed by atoms with Crippen molar-refractivity contribution in [2.24, 2.45) is 0 Å². The van der Waals surface area contributed by atoms with Crippen molar-refractivity contribution in [3.8, 4) is 0 Å². The van der Waals surface area contributed by atoms with Crippen molar-refractivity contribution in [3.63, 3.8) is 0 Å². The number of hydrogen-bond acceptors (Lipinski definition) is 3. The van der Waals surface area contributed by atoms with Gasteiger partial charge in [0.1, 0.15) is 12.4 Å². The first-order valence-electron chi connectivity index (χ1n) is 10.2. The lowest BCUT2D eigenvalue weighted by Crippen LogP contribution is -2.46. The maximum atomic E-state index is 13.5. The number of hydrogen-bond donors (Lipinski definition) is 2. The molecule has 0 aliphatic carbocycles. The fraction of sp³-hybridized carbons (Fsp3) is 0.160. The second-order valence-electron chi connectivity index (χ2n) is 7.66. The van der Waals surface area contributed by atoms with Crippen molar-refractivity contribution in [2.75, 3.05) is 6.54 Å². The Kier molecular flexibility index (Phi) is 5.98. The molecule has 0 aromatic heterocycles. The van der Waals surface area contributed by atoms with Crippen LogP contribution in [-0.4, -0.2) is 29.3 Å². The topological polar surface area (TPSA) is 78.5 Å². The SMILES string of the molecule is O=C(CN1C(=O)N[C@@](Cc2ccccc2)(c2ccccc2)C1=O)NCc1ccc(F)cc1. The third-order valence-electron chi connectivity index (χ3n) is 5.46. The number of nitrogens with one attached hydrogen (secondary N) is 2. The smallest absolute Gasteiger partial charge is 0.325 e. The van der Waals surface area contributed by atoms with Crippen LogP contribution in [0, 0.1) is 5.82 Å². The molecule has 0 unspecified atom stereocenters. The molecule has 162 valence electrons. The number of urea groups is 1. The Morgan fingerprint density at radius 2 is 1.50 bits per heavy atom. The zero-order chi connectivity index (χ0) is 22.6. The van der Waals surface area contributed by atoms with Crippen molar-refractivity contribution in [1.29, 1.82) is 0 Å². The van der Waals surface area contributed by atoms with Crippen molar-refractivity contribution in [3.05, 3.63) is 107 Å². The Bertz CT molecular complexity index is 1120. The van der Waals surface area contributed by atoms with Gasteiger partial charge in [0.2, 0.25) is 5.91 Å². The van der Waals surface area contributed by atoms with E-state index in [1.165, 1.54) is 12.1 Å². The highest BCUT2D eigenvalue weighted by atomic mass is 19.1. The van der Waals surface area contributed by atoms with Crippen molar-refractivity contribution in [1.82, 2.24) is 15.5 Å². The first kappa shape index (κ1) is 21.2. The number of amides is 4. The van der Waals surface area contributed by atoms with E-state index < -0.39 is 29.9 Å². The van der Waals surface area contributed by atoms with Crippen LogP contribution in [0.4, 0.5) is 9.18 Å². The van der Waals surface area contributed by atoms with E-state index in [1.807, 2.05) is 36.4 Å². The number of carbonyl (C=O) groups is 3. The van der Waals surface area contributed by atoms with Gasteiger partial charge in [0.05, 0.1) is 0 Å². The first-order chi connectivity index (χ1) is 15.5. The summed E-state index contributed by atoms with van der Waals surface area (Å²) in [7, 11) is 0. The monoisotopic (exact) mass is 431 g/mol. The standard InChI is InChI=1S/C25H22FN3O3/c26-21-13-11-19(12-14-21)16-27-22(30)17-29-23(31)25(28-24(29)32,20-9-5-2-6-10-20)15-18-7-3-1-4-8-18/h1-14H,15-17H2,(H,27,30)(H,28,32)/t25-/m0/s1. The summed E-state index contributed by atoms with van der Waals surface area (Å²) >= 11 is 0. The fourth-order valence-corrected chi connectivity index (χ4v) is 3.81. The molecular weight excluding hydrogens is 409 g/mol. The van der Waals surface area contributed by atoms with Crippen LogP contribution in [0.1, 0.15) is 16.7 Å². The average Bonchev–Trinajstić information content (AvgIpc) is 3.05. The van der Waals surface area contributed by atoms with Gasteiger partial charge in [-0.3, -0.25) is 14.5 Å². The van der Waals surface area contributed by atoms with Gasteiger partial charge < -0.3 is 10.6 Å². The van der Waals surface area contributed by atoms with Crippen LogP contribution in [0.3, 0.4) is 0 Å². The summed E-state index contributed by atoms with van der Waals surface area (Å²) in [6, 6.07) is 23.5. The van der Waals surface area contributed by atoms with Crippen LogP contribution in [0.15, 0.2) is 84.9 Å². The predicted octanol–water partition coefficient (Wildman–Crippen LogP) is 3.13. The Balaban J connectivity index is 1.53. The number of nitrogens with zero attached hydrogens (tertiary/aromatic N) is 1. The van der Waals surface area contributed by atoms with Crippen molar-refractivity contribution < 1.29 is 18.8 Å². The number of rotatable bonds is 7. The Morgan fingerprint density at radius 1 is 0.875 bits per heavy atom. The average molecular weight is 431 g/mol. The summed E-state index contributed by atoms with van der Waals surface area (Å²) in [6.07, 6.45) is 0.260. The van der Waals surface area contributed by atoms with Gasteiger partial charge in [-0.15, -0.1) is 0 Å². The molecule has 7 heteroatoms. The van der Waals surface area contributed by atoms with E-state index in [4.69, 9.17) is 0 Å². The maximum Gasteiger partial charge on any atom is 0.325 e. The highest BCUT2D eigenvalue weighted by Gasteiger charge is 2.52. The van der Waals surface area contributed by atoms with E-state index in [0.29, 0.717) is 11.1 Å². The maximum absolute atomic E-state index is 13.5. The number of benzene rings is 3. The molecule has 1 aliphatic rings. The lowest BCUT2D eigenvalue weighted by Gasteiger charge is -2.27. The molecule has 1 aliphatic heterocycles. The predicted molar refractivity (Wildman–Crippen MR) is 117 cm³/mol. The molecular formula is C25H22FN3O3. The van der Waals surface area contributed by atoms with Gasteiger partial charge in [-0.05, 0) is 28.8 Å². The fourth-order valence-electron chi connectivity index (χ4n) is 3.81. The van der Waals surface area contributed by atoms with E-state index in [1.54, 1.807) is 36.4 Å². The van der Waals surface area contributed by atoms with Crippen molar-refractivity contribution in [2.45, 2.75) is 18.5 Å². The van der Waals surface area contributed by atoms with Crippen LogP contribution in [0.25, 0.3) is 0 Å². The van der Waals surface area contributed by atoms with E-state index in [2.05, 4.69) is 10.6 Å². The van der Waals surface area contributed by atoms with Gasteiger partial charge in [0, 0.05) is 13.0 Å². The molecule has 0 spiro atoms. The highest BCUT2D eigenvalue weighted by Crippen LogP contribution is 2.32. The number of imide groups is 1. The van der Waals surface area contributed by atoms with Gasteiger partial charge in [0.15, 0.2) is 5.54 Å². The zero-order valence-corrected chi connectivity index (χ0v) is 17.3. The summed E-state index contributed by atoms with van der Waals surface area (Å²) in [5.41, 5.74) is 0.945. The largest absolute Gasteiger partial charge is 0.350 e. The highest BCUT2D eigenvalue weighted by molar-refractivity contribution is 6.09. The quantitative estimate of drug-likeness (QED) is 0.564. The lowest BCUT2D eigenvalue weighted by atomic mass is 9.83. The van der Waals surface area contributed by atoms with Gasteiger partial charge in [-0.1, -0.05) is 72.8 Å². The summed E-state index contributed by atoms with van der Waals surface area (Å²) in [5.74, 6) is -1.33. The molecule has 0 bridgehead atoms.